The second-order valence-corrected chi connectivity index (χ2v) is 5.48. The van der Waals surface area contributed by atoms with E-state index in [4.69, 9.17) is 4.74 Å². The lowest BCUT2D eigenvalue weighted by Gasteiger charge is -2.27. The minimum Gasteiger partial charge on any atom is -0.445 e. The Morgan fingerprint density at radius 2 is 2.25 bits per heavy atom. The molecule has 2 bridgehead atoms. The van der Waals surface area contributed by atoms with Crippen molar-refractivity contribution < 1.29 is 9.53 Å². The molecule has 1 amide bonds. The van der Waals surface area contributed by atoms with Crippen LogP contribution in [0.5, 0.6) is 0 Å². The van der Waals surface area contributed by atoms with Crippen molar-refractivity contribution in [1.29, 1.82) is 0 Å². The van der Waals surface area contributed by atoms with Crippen molar-refractivity contribution in [2.24, 2.45) is 0 Å². The fourth-order valence-corrected chi connectivity index (χ4v) is 3.00. The van der Waals surface area contributed by atoms with Gasteiger partial charge in [0.1, 0.15) is 6.61 Å². The number of piperazine rings is 1. The molecule has 2 aliphatic heterocycles. The van der Waals surface area contributed by atoms with E-state index in [1.807, 2.05) is 30.3 Å². The van der Waals surface area contributed by atoms with Crippen molar-refractivity contribution in [2.45, 2.75) is 25.1 Å². The van der Waals surface area contributed by atoms with Gasteiger partial charge in [-0.05, 0) is 12.0 Å². The monoisotopic (exact) mass is 275 g/mol. The van der Waals surface area contributed by atoms with Gasteiger partial charge in [0, 0.05) is 38.3 Å². The van der Waals surface area contributed by atoms with Gasteiger partial charge >= 0.3 is 6.09 Å². The molecule has 1 aromatic carbocycles. The number of amides is 1. The van der Waals surface area contributed by atoms with Gasteiger partial charge in [0.15, 0.2) is 0 Å². The van der Waals surface area contributed by atoms with Gasteiger partial charge in [-0.1, -0.05) is 30.3 Å². The lowest BCUT2D eigenvalue weighted by molar-refractivity contribution is 0.137. The average Bonchev–Trinajstić information content (AvgIpc) is 3.09. The number of nitrogens with zero attached hydrogens (tertiary/aromatic N) is 1. The van der Waals surface area contributed by atoms with Crippen molar-refractivity contribution in [1.82, 2.24) is 15.5 Å². The molecule has 2 N–H and O–H groups in total. The molecular weight excluding hydrogens is 254 g/mol. The van der Waals surface area contributed by atoms with Gasteiger partial charge in [0.05, 0.1) is 0 Å². The van der Waals surface area contributed by atoms with E-state index in [1.165, 1.54) is 6.42 Å². The molecular formula is C15H21N3O2. The number of fused-ring (bicyclic) bond motifs is 2. The van der Waals surface area contributed by atoms with E-state index in [-0.39, 0.29) is 6.09 Å². The minimum atomic E-state index is -0.337. The summed E-state index contributed by atoms with van der Waals surface area (Å²) in [4.78, 5) is 14.0. The number of hydrogen-bond donors (Lipinski definition) is 2. The summed E-state index contributed by atoms with van der Waals surface area (Å²) < 4.78 is 5.17. The predicted molar refractivity (Wildman–Crippen MR) is 76.4 cm³/mol. The number of likely N-dealkylation sites (tertiary alicyclic amines) is 1. The normalized spacial score (nSPS) is 24.8. The lowest BCUT2D eigenvalue weighted by atomic mass is 10.2. The van der Waals surface area contributed by atoms with E-state index in [2.05, 4.69) is 15.5 Å². The van der Waals surface area contributed by atoms with Crippen LogP contribution in [0.3, 0.4) is 0 Å². The van der Waals surface area contributed by atoms with Crippen LogP contribution in [0.15, 0.2) is 30.3 Å². The number of hydrogen-bond acceptors (Lipinski definition) is 4. The second kappa shape index (κ2) is 6.24. The first-order chi connectivity index (χ1) is 9.81. The molecule has 3 rings (SSSR count). The Hall–Kier alpha value is -1.59. The fraction of sp³-hybridized carbons (Fsp3) is 0.533. The molecule has 1 aromatic rings. The molecule has 0 saturated carbocycles. The van der Waals surface area contributed by atoms with Gasteiger partial charge in [-0.25, -0.2) is 4.79 Å². The van der Waals surface area contributed by atoms with E-state index in [0.29, 0.717) is 25.2 Å². The number of alkyl carbamates (subject to hydrolysis) is 1. The van der Waals surface area contributed by atoms with Gasteiger partial charge < -0.3 is 15.4 Å². The average molecular weight is 275 g/mol. The summed E-state index contributed by atoms with van der Waals surface area (Å²) in [7, 11) is 0. The summed E-state index contributed by atoms with van der Waals surface area (Å²) in [5.74, 6) is 0. The third-order valence-electron chi connectivity index (χ3n) is 4.05. The van der Waals surface area contributed by atoms with Gasteiger partial charge in [-0.3, -0.25) is 4.90 Å². The third kappa shape index (κ3) is 3.29. The fourth-order valence-electron chi connectivity index (χ4n) is 3.00. The Morgan fingerprint density at radius 3 is 2.95 bits per heavy atom. The molecule has 20 heavy (non-hydrogen) atoms. The number of carbonyl (C=O) groups excluding carboxylic acids is 1. The zero-order chi connectivity index (χ0) is 13.8. The molecule has 108 valence electrons. The van der Waals surface area contributed by atoms with Crippen LogP contribution in [-0.4, -0.2) is 49.3 Å². The maximum atomic E-state index is 11.6. The van der Waals surface area contributed by atoms with Crippen molar-refractivity contribution >= 4 is 6.09 Å². The predicted octanol–water partition coefficient (Wildman–Crippen LogP) is 0.959. The van der Waals surface area contributed by atoms with Crippen LogP contribution in [0, 0.1) is 0 Å². The third-order valence-corrected chi connectivity index (χ3v) is 4.05. The highest BCUT2D eigenvalue weighted by molar-refractivity contribution is 5.67. The number of benzene rings is 1. The molecule has 0 spiro atoms. The standard InChI is InChI=1S/C15H21N3O2/c19-15(20-11-12-4-2-1-3-5-12)16-6-7-18-10-13-8-14(18)9-17-13/h1-5,13-14,17H,6-11H2,(H,16,19). The molecule has 2 aliphatic rings. The number of nitrogens with one attached hydrogen (secondary N) is 2. The van der Waals surface area contributed by atoms with Crippen molar-refractivity contribution in [3.05, 3.63) is 35.9 Å². The molecule has 0 radical (unpaired) electrons. The summed E-state index contributed by atoms with van der Waals surface area (Å²) >= 11 is 0. The highest BCUT2D eigenvalue weighted by atomic mass is 16.5. The Labute approximate surface area is 119 Å². The smallest absolute Gasteiger partial charge is 0.407 e. The largest absolute Gasteiger partial charge is 0.445 e. The second-order valence-electron chi connectivity index (χ2n) is 5.48. The molecule has 2 saturated heterocycles. The van der Waals surface area contributed by atoms with Crippen molar-refractivity contribution in [3.8, 4) is 0 Å². The molecule has 2 fully saturated rings. The first-order valence-electron chi connectivity index (χ1n) is 7.23. The summed E-state index contributed by atoms with van der Waals surface area (Å²) in [6, 6.07) is 11.0. The van der Waals surface area contributed by atoms with E-state index in [1.54, 1.807) is 0 Å². The van der Waals surface area contributed by atoms with Gasteiger partial charge in [0.2, 0.25) is 0 Å². The van der Waals surface area contributed by atoms with Crippen molar-refractivity contribution in [3.63, 3.8) is 0 Å². The van der Waals surface area contributed by atoms with E-state index < -0.39 is 0 Å². The van der Waals surface area contributed by atoms with Gasteiger partial charge in [-0.15, -0.1) is 0 Å². The topological polar surface area (TPSA) is 53.6 Å². The molecule has 5 nitrogen and oxygen atoms in total. The maximum absolute atomic E-state index is 11.6. The minimum absolute atomic E-state index is 0.324. The molecule has 2 unspecified atom stereocenters. The zero-order valence-corrected chi connectivity index (χ0v) is 11.5. The first-order valence-corrected chi connectivity index (χ1v) is 7.23. The van der Waals surface area contributed by atoms with Crippen LogP contribution >= 0.6 is 0 Å². The van der Waals surface area contributed by atoms with Crippen LogP contribution < -0.4 is 10.6 Å². The van der Waals surface area contributed by atoms with E-state index >= 15 is 0 Å². The van der Waals surface area contributed by atoms with E-state index in [0.717, 1.165) is 25.2 Å². The quantitative estimate of drug-likeness (QED) is 0.840. The summed E-state index contributed by atoms with van der Waals surface area (Å²) in [6.07, 6.45) is 0.912. The molecule has 0 aromatic heterocycles. The lowest BCUT2D eigenvalue weighted by Crippen LogP contribution is -2.46. The Bertz CT molecular complexity index is 452. The molecule has 0 aliphatic carbocycles. The molecule has 2 atom stereocenters. The highest BCUT2D eigenvalue weighted by Gasteiger charge is 2.36. The summed E-state index contributed by atoms with van der Waals surface area (Å²) in [5, 5.41) is 6.29. The SMILES string of the molecule is O=C(NCCN1CC2CC1CN2)OCc1ccccc1. The van der Waals surface area contributed by atoms with Crippen molar-refractivity contribution in [2.75, 3.05) is 26.2 Å². The van der Waals surface area contributed by atoms with Gasteiger partial charge in [-0.2, -0.15) is 0 Å². The zero-order valence-electron chi connectivity index (χ0n) is 11.5. The number of carbonyl (C=O) groups is 1. The molecule has 5 heteroatoms. The van der Waals surface area contributed by atoms with Crippen LogP contribution in [0.4, 0.5) is 4.79 Å². The summed E-state index contributed by atoms with van der Waals surface area (Å²) in [6.45, 7) is 4.07. The van der Waals surface area contributed by atoms with Crippen LogP contribution in [-0.2, 0) is 11.3 Å². The summed E-state index contributed by atoms with van der Waals surface area (Å²) in [5.41, 5.74) is 1.01. The molecule has 2 heterocycles. The Morgan fingerprint density at radius 1 is 1.40 bits per heavy atom. The number of rotatable bonds is 5. The van der Waals surface area contributed by atoms with Gasteiger partial charge in [0.25, 0.3) is 0 Å². The van der Waals surface area contributed by atoms with Crippen LogP contribution in [0.1, 0.15) is 12.0 Å². The number of ether oxygens (including phenoxy) is 1. The first kappa shape index (κ1) is 13.4. The van der Waals surface area contributed by atoms with Crippen LogP contribution in [0.2, 0.25) is 0 Å². The maximum Gasteiger partial charge on any atom is 0.407 e. The highest BCUT2D eigenvalue weighted by Crippen LogP contribution is 2.22. The van der Waals surface area contributed by atoms with Crippen LogP contribution in [0.25, 0.3) is 0 Å². The Balaban J connectivity index is 1.31. The van der Waals surface area contributed by atoms with E-state index in [9.17, 15) is 4.79 Å². The Kier molecular flexibility index (Phi) is 4.18.